The van der Waals surface area contributed by atoms with Gasteiger partial charge < -0.3 is 0 Å². The van der Waals surface area contributed by atoms with Gasteiger partial charge in [0.05, 0.1) is 15.7 Å². The first-order valence-corrected chi connectivity index (χ1v) is 6.16. The number of carbonyl (C=O) groups is 1. The highest BCUT2D eigenvalue weighted by atomic mass is 32.1. The molecule has 0 bridgehead atoms. The molecule has 3 aromatic rings. The van der Waals surface area contributed by atoms with E-state index < -0.39 is 0 Å². The SMILES string of the molecule is O=C(c1ccccc1)c1cccc2scnc12. The van der Waals surface area contributed by atoms with E-state index in [4.69, 9.17) is 0 Å². The Labute approximate surface area is 103 Å². The first-order valence-electron chi connectivity index (χ1n) is 5.28. The van der Waals surface area contributed by atoms with Crippen LogP contribution in [0.5, 0.6) is 0 Å². The van der Waals surface area contributed by atoms with Crippen LogP contribution in [-0.4, -0.2) is 10.8 Å². The molecule has 0 saturated carbocycles. The quantitative estimate of drug-likeness (QED) is 0.640. The fourth-order valence-corrected chi connectivity index (χ4v) is 2.52. The van der Waals surface area contributed by atoms with Gasteiger partial charge in [0.25, 0.3) is 0 Å². The van der Waals surface area contributed by atoms with E-state index in [9.17, 15) is 4.79 Å². The summed E-state index contributed by atoms with van der Waals surface area (Å²) < 4.78 is 1.05. The summed E-state index contributed by atoms with van der Waals surface area (Å²) in [4.78, 5) is 16.6. The molecule has 0 amide bonds. The van der Waals surface area contributed by atoms with Crippen molar-refractivity contribution in [3.63, 3.8) is 0 Å². The van der Waals surface area contributed by atoms with Crippen molar-refractivity contribution in [3.05, 3.63) is 65.2 Å². The summed E-state index contributed by atoms with van der Waals surface area (Å²) in [6.45, 7) is 0. The lowest BCUT2D eigenvalue weighted by Gasteiger charge is -2.01. The second kappa shape index (κ2) is 4.11. The highest BCUT2D eigenvalue weighted by Crippen LogP contribution is 2.23. The van der Waals surface area contributed by atoms with E-state index in [2.05, 4.69) is 4.98 Å². The number of rotatable bonds is 2. The van der Waals surface area contributed by atoms with Gasteiger partial charge in [0.2, 0.25) is 0 Å². The molecule has 0 spiro atoms. The lowest BCUT2D eigenvalue weighted by atomic mass is 10.0. The lowest BCUT2D eigenvalue weighted by molar-refractivity contribution is 0.104. The Morgan fingerprint density at radius 1 is 1.00 bits per heavy atom. The molecule has 1 heterocycles. The maximum absolute atomic E-state index is 12.3. The molecule has 0 aliphatic carbocycles. The monoisotopic (exact) mass is 239 g/mol. The van der Waals surface area contributed by atoms with Crippen LogP contribution < -0.4 is 0 Å². The molecule has 0 fully saturated rings. The zero-order valence-corrected chi connectivity index (χ0v) is 9.78. The van der Waals surface area contributed by atoms with Gasteiger partial charge in [-0.05, 0) is 12.1 Å². The summed E-state index contributed by atoms with van der Waals surface area (Å²) in [6.07, 6.45) is 0. The maximum Gasteiger partial charge on any atom is 0.195 e. The summed E-state index contributed by atoms with van der Waals surface area (Å²) in [5, 5.41) is 0. The molecule has 3 heteroatoms. The van der Waals surface area contributed by atoms with E-state index in [0.29, 0.717) is 11.1 Å². The number of aromatic nitrogens is 1. The standard InChI is InChI=1S/C14H9NOS/c16-14(10-5-2-1-3-6-10)11-7-4-8-12-13(11)15-9-17-12/h1-9H. The molecule has 2 nitrogen and oxygen atoms in total. The summed E-state index contributed by atoms with van der Waals surface area (Å²) in [6, 6.07) is 15.0. The van der Waals surface area contributed by atoms with Crippen molar-refractivity contribution in [1.82, 2.24) is 4.98 Å². The average molecular weight is 239 g/mol. The number of hydrogen-bond donors (Lipinski definition) is 0. The maximum atomic E-state index is 12.3. The van der Waals surface area contributed by atoms with Crippen molar-refractivity contribution >= 4 is 27.3 Å². The third kappa shape index (κ3) is 1.74. The normalized spacial score (nSPS) is 10.6. The van der Waals surface area contributed by atoms with Crippen molar-refractivity contribution in [1.29, 1.82) is 0 Å². The van der Waals surface area contributed by atoms with Gasteiger partial charge in [0, 0.05) is 11.1 Å². The van der Waals surface area contributed by atoms with Crippen LogP contribution in [0, 0.1) is 0 Å². The molecule has 0 unspecified atom stereocenters. The molecule has 0 N–H and O–H groups in total. The fourth-order valence-electron chi connectivity index (χ4n) is 1.81. The molecule has 17 heavy (non-hydrogen) atoms. The van der Waals surface area contributed by atoms with Gasteiger partial charge in [-0.15, -0.1) is 11.3 Å². The van der Waals surface area contributed by atoms with Crippen LogP contribution in [0.4, 0.5) is 0 Å². The highest BCUT2D eigenvalue weighted by molar-refractivity contribution is 7.16. The summed E-state index contributed by atoms with van der Waals surface area (Å²) >= 11 is 1.55. The molecule has 0 saturated heterocycles. The van der Waals surface area contributed by atoms with Crippen LogP contribution in [0.3, 0.4) is 0 Å². The molecule has 0 atom stereocenters. The number of carbonyl (C=O) groups excluding carboxylic acids is 1. The van der Waals surface area contributed by atoms with E-state index in [1.165, 1.54) is 0 Å². The van der Waals surface area contributed by atoms with Crippen molar-refractivity contribution in [2.75, 3.05) is 0 Å². The molecule has 3 rings (SSSR count). The van der Waals surface area contributed by atoms with Crippen molar-refractivity contribution in [2.24, 2.45) is 0 Å². The van der Waals surface area contributed by atoms with E-state index in [0.717, 1.165) is 10.2 Å². The van der Waals surface area contributed by atoms with Gasteiger partial charge >= 0.3 is 0 Å². The summed E-state index contributed by atoms with van der Waals surface area (Å²) in [5.41, 5.74) is 3.95. The Bertz CT molecular complexity index is 673. The average Bonchev–Trinajstić information content (AvgIpc) is 2.87. The largest absolute Gasteiger partial charge is 0.289 e. The van der Waals surface area contributed by atoms with Crippen LogP contribution in [0.2, 0.25) is 0 Å². The molecular weight excluding hydrogens is 230 g/mol. The number of nitrogens with zero attached hydrogens (tertiary/aromatic N) is 1. The Balaban J connectivity index is 2.16. The fraction of sp³-hybridized carbons (Fsp3) is 0. The van der Waals surface area contributed by atoms with Gasteiger partial charge in [-0.1, -0.05) is 36.4 Å². The number of ketones is 1. The number of hydrogen-bond acceptors (Lipinski definition) is 3. The van der Waals surface area contributed by atoms with Gasteiger partial charge in [-0.2, -0.15) is 0 Å². The minimum atomic E-state index is 0.0297. The van der Waals surface area contributed by atoms with Crippen LogP contribution in [-0.2, 0) is 0 Å². The van der Waals surface area contributed by atoms with Crippen LogP contribution >= 0.6 is 11.3 Å². The van der Waals surface area contributed by atoms with Crippen LogP contribution in [0.15, 0.2) is 54.0 Å². The smallest absolute Gasteiger partial charge is 0.195 e. The van der Waals surface area contributed by atoms with Gasteiger partial charge in [0.15, 0.2) is 5.78 Å². The Kier molecular flexibility index (Phi) is 2.46. The number of thiazole rings is 1. The van der Waals surface area contributed by atoms with Crippen molar-refractivity contribution < 1.29 is 4.79 Å². The first kappa shape index (κ1) is 10.2. The van der Waals surface area contributed by atoms with Crippen LogP contribution in [0.1, 0.15) is 15.9 Å². The van der Waals surface area contributed by atoms with E-state index in [1.54, 1.807) is 16.8 Å². The van der Waals surface area contributed by atoms with E-state index >= 15 is 0 Å². The molecule has 0 radical (unpaired) electrons. The van der Waals surface area contributed by atoms with E-state index in [1.807, 2.05) is 48.5 Å². The molecule has 0 aliphatic heterocycles. The van der Waals surface area contributed by atoms with Crippen molar-refractivity contribution in [2.45, 2.75) is 0 Å². The van der Waals surface area contributed by atoms with Gasteiger partial charge in [-0.25, -0.2) is 4.98 Å². The Morgan fingerprint density at radius 2 is 1.82 bits per heavy atom. The summed E-state index contributed by atoms with van der Waals surface area (Å²) in [5.74, 6) is 0.0297. The predicted molar refractivity (Wildman–Crippen MR) is 69.5 cm³/mol. The summed E-state index contributed by atoms with van der Waals surface area (Å²) in [7, 11) is 0. The predicted octanol–water partition coefficient (Wildman–Crippen LogP) is 3.53. The molecule has 1 aromatic heterocycles. The third-order valence-electron chi connectivity index (χ3n) is 2.64. The zero-order chi connectivity index (χ0) is 11.7. The van der Waals surface area contributed by atoms with E-state index in [-0.39, 0.29) is 5.78 Å². The minimum absolute atomic E-state index is 0.0297. The minimum Gasteiger partial charge on any atom is -0.289 e. The highest BCUT2D eigenvalue weighted by Gasteiger charge is 2.13. The first-order chi connectivity index (χ1) is 8.36. The second-order valence-electron chi connectivity index (χ2n) is 3.70. The number of benzene rings is 2. The van der Waals surface area contributed by atoms with Gasteiger partial charge in [0.1, 0.15) is 0 Å². The molecule has 2 aromatic carbocycles. The topological polar surface area (TPSA) is 30.0 Å². The third-order valence-corrected chi connectivity index (χ3v) is 3.44. The molecule has 0 aliphatic rings. The Hall–Kier alpha value is -2.00. The van der Waals surface area contributed by atoms with Gasteiger partial charge in [-0.3, -0.25) is 4.79 Å². The second-order valence-corrected chi connectivity index (χ2v) is 4.59. The number of fused-ring (bicyclic) bond motifs is 1. The van der Waals surface area contributed by atoms with Crippen molar-refractivity contribution in [3.8, 4) is 0 Å². The Morgan fingerprint density at radius 3 is 2.65 bits per heavy atom. The lowest BCUT2D eigenvalue weighted by Crippen LogP contribution is -2.01. The number of para-hydroxylation sites is 1. The molecular formula is C14H9NOS. The molecule has 82 valence electrons. The zero-order valence-electron chi connectivity index (χ0n) is 8.96. The van der Waals surface area contributed by atoms with Crippen LogP contribution in [0.25, 0.3) is 10.2 Å².